The first-order valence-electron chi connectivity index (χ1n) is 9.09. The fourth-order valence-electron chi connectivity index (χ4n) is 2.94. The fourth-order valence-corrected chi connectivity index (χ4v) is 2.94. The van der Waals surface area contributed by atoms with E-state index in [-0.39, 0.29) is 5.78 Å². The Labute approximate surface area is 168 Å². The number of hydrogen-bond acceptors (Lipinski definition) is 5. The Hall–Kier alpha value is -3.67. The van der Waals surface area contributed by atoms with Gasteiger partial charge in [0.05, 0.1) is 12.7 Å². The van der Waals surface area contributed by atoms with Crippen LogP contribution in [-0.4, -0.2) is 30.9 Å². The van der Waals surface area contributed by atoms with Gasteiger partial charge in [0.1, 0.15) is 5.75 Å². The number of carbonyl (C=O) groups is 3. The topological polar surface area (TPSA) is 81.7 Å². The van der Waals surface area contributed by atoms with Gasteiger partial charge >= 0.3 is 5.97 Å². The number of amides is 1. The van der Waals surface area contributed by atoms with Crippen LogP contribution in [0.2, 0.25) is 0 Å². The van der Waals surface area contributed by atoms with Crippen molar-refractivity contribution in [2.24, 2.45) is 0 Å². The third-order valence-electron chi connectivity index (χ3n) is 4.54. The average Bonchev–Trinajstić information content (AvgIpc) is 2.73. The van der Waals surface area contributed by atoms with Crippen LogP contribution in [0, 0.1) is 0 Å². The highest BCUT2D eigenvalue weighted by molar-refractivity contribution is 6.07. The Balaban J connectivity index is 1.72. The number of methoxy groups -OCH3 is 1. The standard InChI is InChI=1S/C23H21NO5/c1-14(25)16-8-10-17(11-9-16)24-22(26)15(2)29-23(27)20-12-13-21(28-3)19-7-5-4-6-18(19)20/h4-13,15H,1-3H3,(H,24,26)/t15-/m1/s1. The molecule has 1 amide bonds. The van der Waals surface area contributed by atoms with Crippen molar-refractivity contribution in [2.45, 2.75) is 20.0 Å². The Morgan fingerprint density at radius 3 is 2.17 bits per heavy atom. The minimum atomic E-state index is -1.00. The molecule has 0 heterocycles. The number of Topliss-reactive ketones (excluding diaryl/α,β-unsaturated/α-hetero) is 1. The number of carbonyl (C=O) groups excluding carboxylic acids is 3. The van der Waals surface area contributed by atoms with E-state index in [0.717, 1.165) is 5.39 Å². The molecule has 0 aliphatic carbocycles. The van der Waals surface area contributed by atoms with Gasteiger partial charge in [-0.25, -0.2) is 4.79 Å². The van der Waals surface area contributed by atoms with Crippen LogP contribution in [0.5, 0.6) is 5.75 Å². The maximum atomic E-state index is 12.7. The van der Waals surface area contributed by atoms with Crippen LogP contribution in [0.1, 0.15) is 34.6 Å². The lowest BCUT2D eigenvalue weighted by atomic mass is 10.0. The van der Waals surface area contributed by atoms with Crippen LogP contribution < -0.4 is 10.1 Å². The summed E-state index contributed by atoms with van der Waals surface area (Å²) in [6, 6.07) is 17.1. The number of esters is 1. The summed E-state index contributed by atoms with van der Waals surface area (Å²) < 4.78 is 10.7. The highest BCUT2D eigenvalue weighted by Gasteiger charge is 2.21. The normalized spacial score (nSPS) is 11.6. The Bertz CT molecular complexity index is 1070. The first kappa shape index (κ1) is 20.1. The van der Waals surface area contributed by atoms with Gasteiger partial charge < -0.3 is 14.8 Å². The molecule has 29 heavy (non-hydrogen) atoms. The maximum Gasteiger partial charge on any atom is 0.339 e. The molecule has 0 bridgehead atoms. The van der Waals surface area contributed by atoms with Crippen LogP contribution >= 0.6 is 0 Å². The summed E-state index contributed by atoms with van der Waals surface area (Å²) in [7, 11) is 1.56. The number of ketones is 1. The maximum absolute atomic E-state index is 12.7. The summed E-state index contributed by atoms with van der Waals surface area (Å²) in [5.74, 6) is -0.473. The van der Waals surface area contributed by atoms with Gasteiger partial charge in [-0.1, -0.05) is 24.3 Å². The molecule has 6 heteroatoms. The number of ether oxygens (including phenoxy) is 2. The summed E-state index contributed by atoms with van der Waals surface area (Å²) in [4.78, 5) is 36.4. The number of benzene rings is 3. The summed E-state index contributed by atoms with van der Waals surface area (Å²) >= 11 is 0. The summed E-state index contributed by atoms with van der Waals surface area (Å²) in [6.07, 6.45) is -1.00. The monoisotopic (exact) mass is 391 g/mol. The number of fused-ring (bicyclic) bond motifs is 1. The van der Waals surface area contributed by atoms with E-state index in [1.54, 1.807) is 49.6 Å². The molecule has 148 valence electrons. The van der Waals surface area contributed by atoms with Crippen molar-refractivity contribution in [3.63, 3.8) is 0 Å². The molecule has 0 fully saturated rings. The quantitative estimate of drug-likeness (QED) is 0.502. The largest absolute Gasteiger partial charge is 0.496 e. The van der Waals surface area contributed by atoms with Gasteiger partial charge in [0.2, 0.25) is 0 Å². The van der Waals surface area contributed by atoms with Crippen molar-refractivity contribution in [3.05, 3.63) is 71.8 Å². The van der Waals surface area contributed by atoms with Crippen molar-refractivity contribution in [3.8, 4) is 5.75 Å². The van der Waals surface area contributed by atoms with E-state index in [1.165, 1.54) is 13.8 Å². The van der Waals surface area contributed by atoms with Crippen molar-refractivity contribution in [1.29, 1.82) is 0 Å². The molecule has 0 radical (unpaired) electrons. The summed E-state index contributed by atoms with van der Waals surface area (Å²) in [5, 5.41) is 4.14. The molecule has 0 spiro atoms. The molecule has 1 atom stereocenters. The third kappa shape index (κ3) is 4.43. The molecule has 3 aromatic carbocycles. The molecule has 0 aromatic heterocycles. The minimum Gasteiger partial charge on any atom is -0.496 e. The predicted molar refractivity (Wildman–Crippen MR) is 110 cm³/mol. The number of anilines is 1. The molecule has 1 N–H and O–H groups in total. The van der Waals surface area contributed by atoms with Gasteiger partial charge in [-0.15, -0.1) is 0 Å². The Morgan fingerprint density at radius 1 is 0.897 bits per heavy atom. The second-order valence-electron chi connectivity index (χ2n) is 6.53. The van der Waals surface area contributed by atoms with Gasteiger partial charge in [-0.3, -0.25) is 9.59 Å². The van der Waals surface area contributed by atoms with Crippen molar-refractivity contribution in [1.82, 2.24) is 0 Å². The summed E-state index contributed by atoms with van der Waals surface area (Å²) in [6.45, 7) is 2.97. The van der Waals surface area contributed by atoms with Crippen LogP contribution in [0.25, 0.3) is 10.8 Å². The molecule has 6 nitrogen and oxygen atoms in total. The van der Waals surface area contributed by atoms with Crippen LogP contribution in [-0.2, 0) is 9.53 Å². The highest BCUT2D eigenvalue weighted by Crippen LogP contribution is 2.29. The lowest BCUT2D eigenvalue weighted by molar-refractivity contribution is -0.123. The molecule has 3 rings (SSSR count). The second-order valence-corrected chi connectivity index (χ2v) is 6.53. The molecular weight excluding hydrogens is 370 g/mol. The van der Waals surface area contributed by atoms with Gasteiger partial charge in [0.25, 0.3) is 5.91 Å². The Morgan fingerprint density at radius 2 is 1.55 bits per heavy atom. The van der Waals surface area contributed by atoms with Gasteiger partial charge in [-0.2, -0.15) is 0 Å². The van der Waals surface area contributed by atoms with Crippen molar-refractivity contribution < 1.29 is 23.9 Å². The third-order valence-corrected chi connectivity index (χ3v) is 4.54. The molecular formula is C23H21NO5. The van der Waals surface area contributed by atoms with E-state index in [4.69, 9.17) is 9.47 Å². The molecule has 0 unspecified atom stereocenters. The predicted octanol–water partition coefficient (Wildman–Crippen LogP) is 4.24. The van der Waals surface area contributed by atoms with Gasteiger partial charge in [-0.05, 0) is 55.6 Å². The SMILES string of the molecule is COc1ccc(C(=O)O[C@H](C)C(=O)Nc2ccc(C(C)=O)cc2)c2ccccc12. The smallest absolute Gasteiger partial charge is 0.339 e. The highest BCUT2D eigenvalue weighted by atomic mass is 16.5. The summed E-state index contributed by atoms with van der Waals surface area (Å²) in [5.41, 5.74) is 1.42. The first-order valence-corrected chi connectivity index (χ1v) is 9.09. The van der Waals surface area contributed by atoms with Gasteiger partial charge in [0.15, 0.2) is 11.9 Å². The molecule has 0 saturated heterocycles. The molecule has 0 aliphatic rings. The van der Waals surface area contributed by atoms with E-state index in [0.29, 0.717) is 28.0 Å². The second kappa shape index (κ2) is 8.56. The van der Waals surface area contributed by atoms with E-state index >= 15 is 0 Å². The van der Waals surface area contributed by atoms with E-state index in [1.807, 2.05) is 18.2 Å². The number of nitrogens with one attached hydrogen (secondary N) is 1. The zero-order valence-electron chi connectivity index (χ0n) is 16.4. The van der Waals surface area contributed by atoms with Crippen molar-refractivity contribution in [2.75, 3.05) is 12.4 Å². The van der Waals surface area contributed by atoms with E-state index in [2.05, 4.69) is 5.32 Å². The zero-order valence-corrected chi connectivity index (χ0v) is 16.4. The lowest BCUT2D eigenvalue weighted by Gasteiger charge is -2.15. The van der Waals surface area contributed by atoms with E-state index < -0.39 is 18.0 Å². The fraction of sp³-hybridized carbons (Fsp3) is 0.174. The van der Waals surface area contributed by atoms with Crippen LogP contribution in [0.3, 0.4) is 0 Å². The van der Waals surface area contributed by atoms with E-state index in [9.17, 15) is 14.4 Å². The molecule has 0 aliphatic heterocycles. The average molecular weight is 391 g/mol. The van der Waals surface area contributed by atoms with Crippen LogP contribution in [0.15, 0.2) is 60.7 Å². The number of rotatable bonds is 6. The molecule has 0 saturated carbocycles. The van der Waals surface area contributed by atoms with Gasteiger partial charge in [0, 0.05) is 16.6 Å². The first-order chi connectivity index (χ1) is 13.9. The lowest BCUT2D eigenvalue weighted by Crippen LogP contribution is -2.30. The Kier molecular flexibility index (Phi) is 5.93. The number of hydrogen-bond donors (Lipinski definition) is 1. The minimum absolute atomic E-state index is 0.0584. The van der Waals surface area contributed by atoms with Crippen molar-refractivity contribution >= 4 is 34.1 Å². The molecule has 3 aromatic rings. The van der Waals surface area contributed by atoms with Crippen LogP contribution in [0.4, 0.5) is 5.69 Å². The zero-order chi connectivity index (χ0) is 21.0.